The zero-order valence-corrected chi connectivity index (χ0v) is 10.8. The lowest BCUT2D eigenvalue weighted by atomic mass is 9.99. The van der Waals surface area contributed by atoms with E-state index in [4.69, 9.17) is 5.73 Å². The summed E-state index contributed by atoms with van der Waals surface area (Å²) in [7, 11) is 0. The quantitative estimate of drug-likeness (QED) is 0.862. The van der Waals surface area contributed by atoms with Crippen molar-refractivity contribution in [1.29, 1.82) is 0 Å². The molecule has 1 atom stereocenters. The number of hydrogen-bond donors (Lipinski definition) is 1. The smallest absolute Gasteiger partial charge is 0.137 e. The molecule has 0 bridgehead atoms. The van der Waals surface area contributed by atoms with Crippen molar-refractivity contribution in [1.82, 2.24) is 4.98 Å². The maximum absolute atomic E-state index is 11.9. The number of pyridine rings is 1. The third-order valence-electron chi connectivity index (χ3n) is 3.09. The standard InChI is InChI=1S/C16H18N2O/c17-16(14-6-2-1-3-7-14)9-8-15(19)11-13-5-4-10-18-12-13/h1-7,10,12,16H,8-9,11,17H2. The molecule has 0 aliphatic heterocycles. The topological polar surface area (TPSA) is 56.0 Å². The molecule has 3 nitrogen and oxygen atoms in total. The van der Waals surface area contributed by atoms with Gasteiger partial charge in [-0.05, 0) is 23.6 Å². The first-order valence-electron chi connectivity index (χ1n) is 6.47. The van der Waals surface area contributed by atoms with Gasteiger partial charge in [-0.15, -0.1) is 0 Å². The van der Waals surface area contributed by atoms with Crippen LogP contribution in [0.5, 0.6) is 0 Å². The molecular formula is C16H18N2O. The van der Waals surface area contributed by atoms with Gasteiger partial charge in [-0.2, -0.15) is 0 Å². The van der Waals surface area contributed by atoms with Crippen LogP contribution in [0.4, 0.5) is 0 Å². The van der Waals surface area contributed by atoms with Crippen LogP contribution in [-0.2, 0) is 11.2 Å². The van der Waals surface area contributed by atoms with E-state index in [2.05, 4.69) is 4.98 Å². The maximum Gasteiger partial charge on any atom is 0.137 e. The predicted octanol–water partition coefficient (Wildman–Crippen LogP) is 2.67. The minimum atomic E-state index is -0.0703. The fourth-order valence-corrected chi connectivity index (χ4v) is 2.00. The molecule has 0 amide bonds. The van der Waals surface area contributed by atoms with Gasteiger partial charge in [-0.25, -0.2) is 0 Å². The van der Waals surface area contributed by atoms with Crippen molar-refractivity contribution in [2.24, 2.45) is 5.73 Å². The van der Waals surface area contributed by atoms with Gasteiger partial charge in [0.25, 0.3) is 0 Å². The summed E-state index contributed by atoms with van der Waals surface area (Å²) in [5.74, 6) is 0.208. The monoisotopic (exact) mass is 254 g/mol. The van der Waals surface area contributed by atoms with Crippen LogP contribution in [0.3, 0.4) is 0 Å². The second-order valence-electron chi connectivity index (χ2n) is 4.63. The molecule has 19 heavy (non-hydrogen) atoms. The molecule has 0 saturated carbocycles. The first kappa shape index (κ1) is 13.4. The number of ketones is 1. The van der Waals surface area contributed by atoms with Crippen molar-refractivity contribution >= 4 is 5.78 Å². The highest BCUT2D eigenvalue weighted by molar-refractivity contribution is 5.80. The number of benzene rings is 1. The number of hydrogen-bond acceptors (Lipinski definition) is 3. The molecule has 1 aromatic heterocycles. The van der Waals surface area contributed by atoms with Gasteiger partial charge in [0, 0.05) is 31.3 Å². The highest BCUT2D eigenvalue weighted by Gasteiger charge is 2.09. The first-order chi connectivity index (χ1) is 9.25. The van der Waals surface area contributed by atoms with Crippen LogP contribution in [0.25, 0.3) is 0 Å². The molecule has 3 heteroatoms. The Balaban J connectivity index is 1.81. The van der Waals surface area contributed by atoms with Crippen LogP contribution in [0, 0.1) is 0 Å². The molecule has 0 saturated heterocycles. The lowest BCUT2D eigenvalue weighted by molar-refractivity contribution is -0.118. The van der Waals surface area contributed by atoms with Gasteiger partial charge in [-0.1, -0.05) is 36.4 Å². The maximum atomic E-state index is 11.9. The summed E-state index contributed by atoms with van der Waals surface area (Å²) in [6, 6.07) is 13.6. The van der Waals surface area contributed by atoms with Crippen molar-refractivity contribution in [3.8, 4) is 0 Å². The molecule has 0 spiro atoms. The van der Waals surface area contributed by atoms with E-state index in [0.717, 1.165) is 11.1 Å². The number of rotatable bonds is 6. The molecule has 1 heterocycles. The highest BCUT2D eigenvalue weighted by atomic mass is 16.1. The molecule has 0 fully saturated rings. The van der Waals surface area contributed by atoms with E-state index in [1.54, 1.807) is 12.4 Å². The second-order valence-corrected chi connectivity index (χ2v) is 4.63. The third-order valence-corrected chi connectivity index (χ3v) is 3.09. The van der Waals surface area contributed by atoms with Crippen molar-refractivity contribution < 1.29 is 4.79 Å². The van der Waals surface area contributed by atoms with E-state index in [1.807, 2.05) is 42.5 Å². The van der Waals surface area contributed by atoms with Crippen LogP contribution in [-0.4, -0.2) is 10.8 Å². The van der Waals surface area contributed by atoms with Crippen LogP contribution in [0.2, 0.25) is 0 Å². The van der Waals surface area contributed by atoms with Gasteiger partial charge in [0.2, 0.25) is 0 Å². The van der Waals surface area contributed by atoms with Gasteiger partial charge in [-0.3, -0.25) is 9.78 Å². The minimum absolute atomic E-state index is 0.0703. The number of carbonyl (C=O) groups excluding carboxylic acids is 1. The van der Waals surface area contributed by atoms with E-state index in [0.29, 0.717) is 19.3 Å². The largest absolute Gasteiger partial charge is 0.324 e. The van der Waals surface area contributed by atoms with Crippen LogP contribution >= 0.6 is 0 Å². The van der Waals surface area contributed by atoms with Crippen molar-refractivity contribution in [3.05, 3.63) is 66.0 Å². The molecule has 2 N–H and O–H groups in total. The second kappa shape index (κ2) is 6.81. The van der Waals surface area contributed by atoms with Crippen molar-refractivity contribution in [2.75, 3.05) is 0 Å². The summed E-state index contributed by atoms with van der Waals surface area (Å²) in [4.78, 5) is 15.9. The molecule has 1 aromatic carbocycles. The SMILES string of the molecule is NC(CCC(=O)Cc1cccnc1)c1ccccc1. The predicted molar refractivity (Wildman–Crippen MR) is 75.6 cm³/mol. The van der Waals surface area contributed by atoms with Crippen LogP contribution in [0.15, 0.2) is 54.9 Å². The molecular weight excluding hydrogens is 236 g/mol. The van der Waals surface area contributed by atoms with E-state index >= 15 is 0 Å². The Bertz CT molecular complexity index is 511. The molecule has 0 aliphatic rings. The van der Waals surface area contributed by atoms with Gasteiger partial charge >= 0.3 is 0 Å². The van der Waals surface area contributed by atoms with E-state index in [1.165, 1.54) is 0 Å². The number of aromatic nitrogens is 1. The molecule has 2 rings (SSSR count). The lowest BCUT2D eigenvalue weighted by Gasteiger charge is -2.11. The van der Waals surface area contributed by atoms with Gasteiger partial charge in [0.1, 0.15) is 5.78 Å². The molecule has 98 valence electrons. The minimum Gasteiger partial charge on any atom is -0.324 e. The Morgan fingerprint density at radius 2 is 1.95 bits per heavy atom. The summed E-state index contributed by atoms with van der Waals surface area (Å²) in [6.45, 7) is 0. The lowest BCUT2D eigenvalue weighted by Crippen LogP contribution is -2.13. The summed E-state index contributed by atoms with van der Waals surface area (Å²) in [6.07, 6.45) is 5.07. The van der Waals surface area contributed by atoms with Crippen molar-refractivity contribution in [2.45, 2.75) is 25.3 Å². The Morgan fingerprint density at radius 3 is 2.63 bits per heavy atom. The summed E-state index contributed by atoms with van der Waals surface area (Å²) in [5, 5.41) is 0. The summed E-state index contributed by atoms with van der Waals surface area (Å²) >= 11 is 0. The number of Topliss-reactive ketones (excluding diaryl/α,β-unsaturated/α-hetero) is 1. The Kier molecular flexibility index (Phi) is 4.81. The summed E-state index contributed by atoms with van der Waals surface area (Å²) < 4.78 is 0. The third kappa shape index (κ3) is 4.30. The average molecular weight is 254 g/mol. The molecule has 1 unspecified atom stereocenters. The van der Waals surface area contributed by atoms with Gasteiger partial charge < -0.3 is 5.73 Å². The first-order valence-corrected chi connectivity index (χ1v) is 6.47. The average Bonchev–Trinajstić information content (AvgIpc) is 2.47. The van der Waals surface area contributed by atoms with Crippen LogP contribution < -0.4 is 5.73 Å². The Morgan fingerprint density at radius 1 is 1.16 bits per heavy atom. The van der Waals surface area contributed by atoms with Crippen molar-refractivity contribution in [3.63, 3.8) is 0 Å². The fraction of sp³-hybridized carbons (Fsp3) is 0.250. The van der Waals surface area contributed by atoms with E-state index in [9.17, 15) is 4.79 Å². The number of nitrogens with two attached hydrogens (primary N) is 1. The van der Waals surface area contributed by atoms with Crippen LogP contribution in [0.1, 0.15) is 30.0 Å². The number of carbonyl (C=O) groups is 1. The Hall–Kier alpha value is -2.00. The Labute approximate surface area is 113 Å². The zero-order chi connectivity index (χ0) is 13.5. The normalized spacial score (nSPS) is 12.1. The van der Waals surface area contributed by atoms with E-state index in [-0.39, 0.29) is 11.8 Å². The zero-order valence-electron chi connectivity index (χ0n) is 10.8. The fourth-order valence-electron chi connectivity index (χ4n) is 2.00. The van der Waals surface area contributed by atoms with Gasteiger partial charge in [0.15, 0.2) is 0 Å². The molecule has 0 aliphatic carbocycles. The van der Waals surface area contributed by atoms with E-state index < -0.39 is 0 Å². The molecule has 2 aromatic rings. The summed E-state index contributed by atoms with van der Waals surface area (Å²) in [5.41, 5.74) is 8.11. The van der Waals surface area contributed by atoms with Gasteiger partial charge in [0.05, 0.1) is 0 Å². The highest BCUT2D eigenvalue weighted by Crippen LogP contribution is 2.15. The number of nitrogens with zero attached hydrogens (tertiary/aromatic N) is 1. The molecule has 0 radical (unpaired) electrons.